The number of carbonyl (C=O) groups excluding carboxylic acids is 1. The van der Waals surface area contributed by atoms with Crippen LogP contribution in [0.5, 0.6) is 0 Å². The maximum Gasteiger partial charge on any atom is 0.269 e. The van der Waals surface area contributed by atoms with E-state index in [1.54, 1.807) is 12.1 Å². The molecule has 31 heavy (non-hydrogen) atoms. The molecule has 0 saturated heterocycles. The average Bonchev–Trinajstić information content (AvgIpc) is 2.99. The Kier molecular flexibility index (Phi) is 4.74. The standard InChI is InChI=1S/C26H31NO4/c1-25-11-9-20(28)15-18(25)5-8-21-22(25)10-12-26(2)23(21)14-17(24(26)29)13-16-3-6-19(7-4-16)27(30)31/h3-7,13,20-23,28H,8-12,14-15H2,1-2H3/b17-13+/t20-,21-,22+,23+,25+,26+/m1/s1. The van der Waals surface area contributed by atoms with Gasteiger partial charge in [0.2, 0.25) is 0 Å². The summed E-state index contributed by atoms with van der Waals surface area (Å²) < 4.78 is 0. The fourth-order valence-corrected chi connectivity index (χ4v) is 7.33. The van der Waals surface area contributed by atoms with Gasteiger partial charge in [-0.05, 0) is 97.5 Å². The molecule has 0 unspecified atom stereocenters. The maximum absolute atomic E-state index is 13.5. The van der Waals surface area contributed by atoms with Gasteiger partial charge in [-0.15, -0.1) is 0 Å². The first kappa shape index (κ1) is 20.6. The number of benzene rings is 1. The third-order valence-corrected chi connectivity index (χ3v) is 9.16. The highest BCUT2D eigenvalue weighted by molar-refractivity contribution is 6.06. The van der Waals surface area contributed by atoms with Crippen LogP contribution in [0.4, 0.5) is 5.69 Å². The molecule has 1 aromatic carbocycles. The highest BCUT2D eigenvalue weighted by atomic mass is 16.6. The van der Waals surface area contributed by atoms with Crippen molar-refractivity contribution in [1.82, 2.24) is 0 Å². The maximum atomic E-state index is 13.5. The lowest BCUT2D eigenvalue weighted by molar-refractivity contribution is -0.384. The summed E-state index contributed by atoms with van der Waals surface area (Å²) in [6.45, 7) is 4.56. The van der Waals surface area contributed by atoms with E-state index in [-0.39, 0.29) is 28.4 Å². The first-order valence-electron chi connectivity index (χ1n) is 11.6. The summed E-state index contributed by atoms with van der Waals surface area (Å²) in [6, 6.07) is 6.47. The first-order chi connectivity index (χ1) is 14.7. The van der Waals surface area contributed by atoms with Crippen molar-refractivity contribution in [2.45, 2.75) is 64.9 Å². The molecule has 5 rings (SSSR count). The number of aliphatic hydroxyl groups excluding tert-OH is 1. The van der Waals surface area contributed by atoms with Crippen LogP contribution in [0.2, 0.25) is 0 Å². The number of nitro benzene ring substituents is 1. The molecule has 0 spiro atoms. The Labute approximate surface area is 183 Å². The van der Waals surface area contributed by atoms with Gasteiger partial charge in [-0.25, -0.2) is 0 Å². The van der Waals surface area contributed by atoms with Gasteiger partial charge in [0.1, 0.15) is 0 Å². The number of hydrogen-bond donors (Lipinski definition) is 1. The largest absolute Gasteiger partial charge is 0.393 e. The summed E-state index contributed by atoms with van der Waals surface area (Å²) in [5, 5.41) is 21.1. The molecule has 1 N–H and O–H groups in total. The molecule has 4 aliphatic carbocycles. The topological polar surface area (TPSA) is 80.4 Å². The van der Waals surface area contributed by atoms with E-state index in [2.05, 4.69) is 19.9 Å². The zero-order valence-corrected chi connectivity index (χ0v) is 18.3. The number of hydrogen-bond acceptors (Lipinski definition) is 4. The molecule has 0 amide bonds. The number of aliphatic hydroxyl groups is 1. The van der Waals surface area contributed by atoms with Crippen LogP contribution in [-0.2, 0) is 4.79 Å². The van der Waals surface area contributed by atoms with E-state index in [4.69, 9.17) is 0 Å². The molecular weight excluding hydrogens is 390 g/mol. The second-order valence-corrected chi connectivity index (χ2v) is 10.7. The van der Waals surface area contributed by atoms with Gasteiger partial charge in [-0.3, -0.25) is 14.9 Å². The molecule has 6 atom stereocenters. The Morgan fingerprint density at radius 2 is 1.77 bits per heavy atom. The van der Waals surface area contributed by atoms with Crippen LogP contribution in [0.1, 0.15) is 64.4 Å². The van der Waals surface area contributed by atoms with E-state index in [1.165, 1.54) is 17.7 Å². The molecule has 3 fully saturated rings. The highest BCUT2D eigenvalue weighted by Gasteiger charge is 2.59. The van der Waals surface area contributed by atoms with Crippen LogP contribution in [0.25, 0.3) is 6.08 Å². The quantitative estimate of drug-likeness (QED) is 0.297. The number of Topliss-reactive ketones (excluding diaryl/α,β-unsaturated/α-hetero) is 1. The molecule has 0 bridgehead atoms. The van der Waals surface area contributed by atoms with Gasteiger partial charge in [0.05, 0.1) is 11.0 Å². The zero-order chi connectivity index (χ0) is 22.0. The molecule has 0 radical (unpaired) electrons. The van der Waals surface area contributed by atoms with Gasteiger partial charge in [0.25, 0.3) is 5.69 Å². The van der Waals surface area contributed by atoms with Gasteiger partial charge >= 0.3 is 0 Å². The lowest BCUT2D eigenvalue weighted by Crippen LogP contribution is -2.50. The number of nitro groups is 1. The summed E-state index contributed by atoms with van der Waals surface area (Å²) in [4.78, 5) is 24.0. The Balaban J connectivity index is 1.44. The number of carbonyl (C=O) groups is 1. The number of allylic oxidation sites excluding steroid dienone is 2. The van der Waals surface area contributed by atoms with E-state index in [1.807, 2.05) is 6.08 Å². The van der Waals surface area contributed by atoms with E-state index in [9.17, 15) is 20.0 Å². The molecule has 5 heteroatoms. The molecule has 164 valence electrons. The van der Waals surface area contributed by atoms with Crippen molar-refractivity contribution in [3.8, 4) is 0 Å². The molecule has 0 aromatic heterocycles. The van der Waals surface area contributed by atoms with Gasteiger partial charge in [0.15, 0.2) is 5.78 Å². The van der Waals surface area contributed by atoms with Crippen molar-refractivity contribution in [2.75, 3.05) is 0 Å². The second-order valence-electron chi connectivity index (χ2n) is 10.7. The van der Waals surface area contributed by atoms with Crippen LogP contribution in [0, 0.1) is 38.7 Å². The van der Waals surface area contributed by atoms with Crippen molar-refractivity contribution < 1.29 is 14.8 Å². The number of fused-ring (bicyclic) bond motifs is 5. The minimum Gasteiger partial charge on any atom is -0.393 e. The summed E-state index contributed by atoms with van der Waals surface area (Å²) >= 11 is 0. The lowest BCUT2D eigenvalue weighted by atomic mass is 9.48. The van der Waals surface area contributed by atoms with Crippen LogP contribution < -0.4 is 0 Å². The fraction of sp³-hybridized carbons (Fsp3) is 0.577. The van der Waals surface area contributed by atoms with Gasteiger partial charge in [0, 0.05) is 17.5 Å². The van der Waals surface area contributed by atoms with Crippen molar-refractivity contribution >= 4 is 17.5 Å². The molecular formula is C26H31NO4. The van der Waals surface area contributed by atoms with Crippen LogP contribution in [-0.4, -0.2) is 21.9 Å². The molecule has 4 aliphatic rings. The third kappa shape index (κ3) is 3.12. The lowest BCUT2D eigenvalue weighted by Gasteiger charge is -2.56. The first-order valence-corrected chi connectivity index (χ1v) is 11.6. The van der Waals surface area contributed by atoms with E-state index >= 15 is 0 Å². The van der Waals surface area contributed by atoms with E-state index in [0.29, 0.717) is 17.8 Å². The average molecular weight is 422 g/mol. The summed E-state index contributed by atoms with van der Waals surface area (Å²) in [6.07, 6.45) is 10.7. The van der Waals surface area contributed by atoms with Crippen molar-refractivity contribution in [3.63, 3.8) is 0 Å². The SMILES string of the molecule is C[C@]12CC[C@@H](O)CC1=CC[C@@H]1[C@@H]2CC[C@]2(C)C(=O)/C(=C/c3ccc([N+](=O)[O-])cc3)C[C@@H]12. The zero-order valence-electron chi connectivity index (χ0n) is 18.3. The Morgan fingerprint density at radius 1 is 1.06 bits per heavy atom. The minimum absolute atomic E-state index is 0.0685. The monoisotopic (exact) mass is 421 g/mol. The van der Waals surface area contributed by atoms with E-state index < -0.39 is 4.92 Å². The van der Waals surface area contributed by atoms with Crippen LogP contribution in [0.3, 0.4) is 0 Å². The van der Waals surface area contributed by atoms with Gasteiger partial charge in [-0.2, -0.15) is 0 Å². The molecule has 1 aromatic rings. The van der Waals surface area contributed by atoms with E-state index in [0.717, 1.165) is 56.1 Å². The molecule has 0 aliphatic heterocycles. The Bertz CT molecular complexity index is 993. The highest BCUT2D eigenvalue weighted by Crippen LogP contribution is 2.64. The van der Waals surface area contributed by atoms with Crippen LogP contribution >= 0.6 is 0 Å². The molecule has 5 nitrogen and oxygen atoms in total. The number of nitrogens with zero attached hydrogens (tertiary/aromatic N) is 1. The van der Waals surface area contributed by atoms with Gasteiger partial charge < -0.3 is 5.11 Å². The summed E-state index contributed by atoms with van der Waals surface area (Å²) in [7, 11) is 0. The van der Waals surface area contributed by atoms with Gasteiger partial charge in [-0.1, -0.05) is 25.5 Å². The third-order valence-electron chi connectivity index (χ3n) is 9.16. The number of non-ortho nitro benzene ring substituents is 1. The van der Waals surface area contributed by atoms with Crippen molar-refractivity contribution in [1.29, 1.82) is 0 Å². The van der Waals surface area contributed by atoms with Crippen molar-refractivity contribution in [3.05, 3.63) is 57.2 Å². The Hall–Kier alpha value is -2.27. The summed E-state index contributed by atoms with van der Waals surface area (Å²) in [5.74, 6) is 1.72. The predicted octanol–water partition coefficient (Wildman–Crippen LogP) is 5.48. The fourth-order valence-electron chi connectivity index (χ4n) is 7.33. The number of rotatable bonds is 2. The molecule has 3 saturated carbocycles. The van der Waals surface area contributed by atoms with Crippen LogP contribution in [0.15, 0.2) is 41.5 Å². The smallest absolute Gasteiger partial charge is 0.269 e. The minimum atomic E-state index is -0.400. The Morgan fingerprint density at radius 3 is 2.48 bits per heavy atom. The number of ketones is 1. The molecule has 0 heterocycles. The van der Waals surface area contributed by atoms with Crippen molar-refractivity contribution in [2.24, 2.45) is 28.6 Å². The second kappa shape index (κ2) is 7.13. The predicted molar refractivity (Wildman–Crippen MR) is 119 cm³/mol. The summed E-state index contributed by atoms with van der Waals surface area (Å²) in [5.41, 5.74) is 3.11. The normalized spacial score (nSPS) is 40.7.